The lowest BCUT2D eigenvalue weighted by atomic mass is 9.99. The van der Waals surface area contributed by atoms with Crippen LogP contribution in [-0.4, -0.2) is 9.67 Å². The first-order valence-corrected chi connectivity index (χ1v) is 7.50. The van der Waals surface area contributed by atoms with E-state index in [0.717, 1.165) is 33.3 Å². The molecule has 0 bridgehead atoms. The molecule has 1 aromatic heterocycles. The first-order valence-electron chi connectivity index (χ1n) is 7.06. The number of aromatic nitrogens is 1. The molecule has 1 heterocycles. The van der Waals surface area contributed by atoms with E-state index in [1.807, 2.05) is 43.4 Å². The zero-order valence-electron chi connectivity index (χ0n) is 12.4. The van der Waals surface area contributed by atoms with Gasteiger partial charge in [0.25, 0.3) is 0 Å². The monoisotopic (exact) mass is 310 g/mol. The minimum Gasteiger partial charge on any atom is -0.508 e. The Morgan fingerprint density at radius 3 is 2.59 bits per heavy atom. The van der Waals surface area contributed by atoms with E-state index in [1.165, 1.54) is 0 Å². The third-order valence-corrected chi connectivity index (χ3v) is 4.10. The quantitative estimate of drug-likeness (QED) is 0.496. The van der Waals surface area contributed by atoms with Crippen LogP contribution < -0.4 is 4.72 Å². The fraction of sp³-hybridized carbons (Fsp3) is 0.111. The number of rotatable bonds is 4. The number of benzene rings is 2. The van der Waals surface area contributed by atoms with E-state index in [4.69, 9.17) is 0 Å². The van der Waals surface area contributed by atoms with Gasteiger partial charge in [-0.2, -0.15) is 0 Å². The van der Waals surface area contributed by atoms with Gasteiger partial charge in [0, 0.05) is 35.6 Å². The number of para-hydroxylation sites is 1. The molecular formula is C18H18N2OS. The van der Waals surface area contributed by atoms with E-state index in [1.54, 1.807) is 0 Å². The SMILES string of the molecule is C=C(O)c1c(-c2ccccc2CNS)n(C)c2ccccc12. The Kier molecular flexibility index (Phi) is 3.96. The molecule has 0 aliphatic rings. The van der Waals surface area contributed by atoms with Crippen molar-refractivity contribution >= 4 is 29.5 Å². The highest BCUT2D eigenvalue weighted by molar-refractivity contribution is 7.78. The van der Waals surface area contributed by atoms with Gasteiger partial charge in [-0.3, -0.25) is 4.72 Å². The van der Waals surface area contributed by atoms with Gasteiger partial charge in [-0.1, -0.05) is 61.9 Å². The van der Waals surface area contributed by atoms with Crippen molar-refractivity contribution in [1.29, 1.82) is 0 Å². The molecule has 0 radical (unpaired) electrons. The van der Waals surface area contributed by atoms with E-state index in [9.17, 15) is 5.11 Å². The number of aryl methyl sites for hydroxylation is 1. The molecule has 3 aromatic rings. The Bertz CT molecular complexity index is 851. The van der Waals surface area contributed by atoms with Gasteiger partial charge in [-0.15, -0.1) is 0 Å². The zero-order chi connectivity index (χ0) is 15.7. The van der Waals surface area contributed by atoms with Gasteiger partial charge in [0.2, 0.25) is 0 Å². The summed E-state index contributed by atoms with van der Waals surface area (Å²) in [7, 11) is 2.01. The average molecular weight is 310 g/mol. The van der Waals surface area contributed by atoms with Gasteiger partial charge in [-0.05, 0) is 11.6 Å². The van der Waals surface area contributed by atoms with E-state index >= 15 is 0 Å². The summed E-state index contributed by atoms with van der Waals surface area (Å²) in [6.45, 7) is 4.40. The van der Waals surface area contributed by atoms with E-state index in [2.05, 4.69) is 40.8 Å². The third kappa shape index (κ3) is 2.30. The van der Waals surface area contributed by atoms with Crippen LogP contribution in [0.25, 0.3) is 27.9 Å². The number of hydrogen-bond donors (Lipinski definition) is 3. The molecule has 0 saturated carbocycles. The minimum absolute atomic E-state index is 0.0837. The highest BCUT2D eigenvalue weighted by Crippen LogP contribution is 2.37. The Balaban J connectivity index is 2.38. The van der Waals surface area contributed by atoms with Gasteiger partial charge >= 0.3 is 0 Å². The molecule has 22 heavy (non-hydrogen) atoms. The van der Waals surface area contributed by atoms with Crippen molar-refractivity contribution in [2.45, 2.75) is 6.54 Å². The summed E-state index contributed by atoms with van der Waals surface area (Å²) in [6, 6.07) is 16.1. The molecule has 2 N–H and O–H groups in total. The second kappa shape index (κ2) is 5.91. The molecule has 0 amide bonds. The van der Waals surface area contributed by atoms with Gasteiger partial charge in [-0.25, -0.2) is 0 Å². The van der Waals surface area contributed by atoms with E-state index in [-0.39, 0.29) is 5.76 Å². The predicted molar refractivity (Wildman–Crippen MR) is 95.8 cm³/mol. The van der Waals surface area contributed by atoms with Crippen molar-refractivity contribution in [3.63, 3.8) is 0 Å². The maximum Gasteiger partial charge on any atom is 0.118 e. The lowest BCUT2D eigenvalue weighted by Gasteiger charge is -2.12. The number of aliphatic hydroxyl groups is 1. The number of nitrogens with one attached hydrogen (secondary N) is 1. The van der Waals surface area contributed by atoms with Gasteiger partial charge in [0.15, 0.2) is 0 Å². The molecule has 0 spiro atoms. The molecule has 3 rings (SSSR count). The largest absolute Gasteiger partial charge is 0.508 e. The van der Waals surface area contributed by atoms with E-state index in [0.29, 0.717) is 6.54 Å². The van der Waals surface area contributed by atoms with Crippen molar-refractivity contribution in [3.8, 4) is 11.3 Å². The summed E-state index contributed by atoms with van der Waals surface area (Å²) in [4.78, 5) is 0. The van der Waals surface area contributed by atoms with Crippen LogP contribution in [0.5, 0.6) is 0 Å². The molecule has 112 valence electrons. The molecule has 3 nitrogen and oxygen atoms in total. The van der Waals surface area contributed by atoms with Crippen molar-refractivity contribution < 1.29 is 5.11 Å². The Morgan fingerprint density at radius 2 is 1.86 bits per heavy atom. The van der Waals surface area contributed by atoms with Crippen molar-refractivity contribution in [3.05, 3.63) is 66.2 Å². The summed E-state index contributed by atoms with van der Waals surface area (Å²) in [5, 5.41) is 11.2. The number of fused-ring (bicyclic) bond motifs is 1. The first kappa shape index (κ1) is 14.8. The minimum atomic E-state index is 0.0837. The first-order chi connectivity index (χ1) is 10.6. The molecule has 2 aromatic carbocycles. The summed E-state index contributed by atoms with van der Waals surface area (Å²) < 4.78 is 5.00. The fourth-order valence-electron chi connectivity index (χ4n) is 2.99. The lowest BCUT2D eigenvalue weighted by molar-refractivity contribution is 0.515. The fourth-order valence-corrected chi connectivity index (χ4v) is 3.16. The Hall–Kier alpha value is -2.17. The average Bonchev–Trinajstić information content (AvgIpc) is 2.82. The number of aliphatic hydroxyl groups excluding tert-OH is 1. The number of nitrogens with zero attached hydrogens (tertiary/aromatic N) is 1. The van der Waals surface area contributed by atoms with Crippen LogP contribution in [0.3, 0.4) is 0 Å². The van der Waals surface area contributed by atoms with Crippen LogP contribution in [0, 0.1) is 0 Å². The highest BCUT2D eigenvalue weighted by atomic mass is 32.1. The Morgan fingerprint density at radius 1 is 1.18 bits per heavy atom. The normalized spacial score (nSPS) is 11.0. The van der Waals surface area contributed by atoms with Gasteiger partial charge in [0.05, 0.1) is 5.69 Å². The van der Waals surface area contributed by atoms with Crippen molar-refractivity contribution in [1.82, 2.24) is 9.29 Å². The van der Waals surface area contributed by atoms with Crippen LogP contribution >= 0.6 is 12.8 Å². The van der Waals surface area contributed by atoms with Crippen LogP contribution in [-0.2, 0) is 13.6 Å². The topological polar surface area (TPSA) is 37.2 Å². The Labute approximate surface area is 135 Å². The zero-order valence-corrected chi connectivity index (χ0v) is 13.3. The molecule has 0 saturated heterocycles. The molecule has 0 atom stereocenters. The van der Waals surface area contributed by atoms with Crippen LogP contribution in [0.4, 0.5) is 0 Å². The summed E-state index contributed by atoms with van der Waals surface area (Å²) >= 11 is 4.11. The molecule has 0 aliphatic heterocycles. The maximum absolute atomic E-state index is 10.2. The van der Waals surface area contributed by atoms with Crippen molar-refractivity contribution in [2.24, 2.45) is 7.05 Å². The maximum atomic E-state index is 10.2. The smallest absolute Gasteiger partial charge is 0.118 e. The standard InChI is InChI=1S/C18H18N2OS/c1-12(21)17-15-9-5-6-10-16(15)20(2)18(17)14-8-4-3-7-13(14)11-19-22/h3-10,19,21-22H,1,11H2,2H3. The third-order valence-electron chi connectivity index (χ3n) is 3.94. The van der Waals surface area contributed by atoms with Crippen molar-refractivity contribution in [2.75, 3.05) is 0 Å². The van der Waals surface area contributed by atoms with Gasteiger partial charge in [0.1, 0.15) is 5.76 Å². The molecule has 4 heteroatoms. The predicted octanol–water partition coefficient (Wildman–Crippen LogP) is 4.31. The van der Waals surface area contributed by atoms with Crippen LogP contribution in [0.2, 0.25) is 0 Å². The second-order valence-corrected chi connectivity index (χ2v) is 5.55. The molecular weight excluding hydrogens is 292 g/mol. The molecule has 0 unspecified atom stereocenters. The summed E-state index contributed by atoms with van der Waals surface area (Å²) in [5.41, 5.74) is 4.99. The van der Waals surface area contributed by atoms with Crippen LogP contribution in [0.1, 0.15) is 11.1 Å². The number of hydrogen-bond acceptors (Lipinski definition) is 3. The molecule has 0 fully saturated rings. The lowest BCUT2D eigenvalue weighted by Crippen LogP contribution is -2.03. The summed E-state index contributed by atoms with van der Waals surface area (Å²) in [5.74, 6) is 0.0837. The highest BCUT2D eigenvalue weighted by Gasteiger charge is 2.19. The summed E-state index contributed by atoms with van der Waals surface area (Å²) in [6.07, 6.45) is 0. The number of thiol groups is 1. The second-order valence-electron chi connectivity index (χ2n) is 5.24. The van der Waals surface area contributed by atoms with E-state index < -0.39 is 0 Å². The van der Waals surface area contributed by atoms with Crippen LogP contribution in [0.15, 0.2) is 55.1 Å². The molecule has 0 aliphatic carbocycles. The van der Waals surface area contributed by atoms with Gasteiger partial charge < -0.3 is 9.67 Å².